The second kappa shape index (κ2) is 4.84. The fourth-order valence-corrected chi connectivity index (χ4v) is 1.67. The van der Waals surface area contributed by atoms with Gasteiger partial charge in [-0.05, 0) is 19.1 Å². The molecule has 0 aliphatic carbocycles. The predicted molar refractivity (Wildman–Crippen MR) is 70.1 cm³/mol. The normalized spacial score (nSPS) is 10.1. The van der Waals surface area contributed by atoms with Crippen LogP contribution in [0.1, 0.15) is 5.69 Å². The monoisotopic (exact) mass is 242 g/mol. The van der Waals surface area contributed by atoms with Gasteiger partial charge in [0.2, 0.25) is 0 Å². The summed E-state index contributed by atoms with van der Waals surface area (Å²) in [5.74, 6) is 3.06. The fraction of sp³-hybridized carbons (Fsp3) is 0.214. The van der Waals surface area contributed by atoms with Gasteiger partial charge in [0, 0.05) is 25.0 Å². The highest BCUT2D eigenvalue weighted by atomic mass is 16.5. The number of terminal acetylenes is 1. The Bertz CT molecular complexity index is 659. The van der Waals surface area contributed by atoms with E-state index in [0.717, 1.165) is 11.4 Å². The zero-order chi connectivity index (χ0) is 13.1. The average Bonchev–Trinajstić information content (AvgIpc) is 2.64. The van der Waals surface area contributed by atoms with Gasteiger partial charge in [-0.2, -0.15) is 0 Å². The van der Waals surface area contributed by atoms with E-state index in [9.17, 15) is 4.79 Å². The van der Waals surface area contributed by atoms with Gasteiger partial charge in [0.25, 0.3) is 0 Å². The number of aryl methyl sites for hydroxylation is 1. The van der Waals surface area contributed by atoms with Gasteiger partial charge in [0.05, 0.1) is 5.69 Å². The number of benzene rings is 1. The van der Waals surface area contributed by atoms with Gasteiger partial charge in [0.1, 0.15) is 12.4 Å². The molecule has 0 saturated heterocycles. The molecule has 0 amide bonds. The van der Waals surface area contributed by atoms with Crippen LogP contribution < -0.4 is 10.4 Å². The Hall–Kier alpha value is -2.41. The van der Waals surface area contributed by atoms with E-state index in [1.54, 1.807) is 28.4 Å². The number of rotatable bonds is 3. The molecule has 0 fully saturated rings. The summed E-state index contributed by atoms with van der Waals surface area (Å²) in [4.78, 5) is 12.0. The van der Waals surface area contributed by atoms with Crippen LogP contribution in [-0.4, -0.2) is 15.7 Å². The van der Waals surface area contributed by atoms with Gasteiger partial charge in [-0.3, -0.25) is 9.13 Å². The molecule has 0 radical (unpaired) electrons. The standard InChI is InChI=1S/C14H14N2O2/c1-4-8-18-13-7-5-6-12(9-13)16-10-11(2)15(3)14(16)17/h1,5-7,9-10H,8H2,2-3H3. The molecule has 4 nitrogen and oxygen atoms in total. The maximum absolute atomic E-state index is 12.0. The lowest BCUT2D eigenvalue weighted by Crippen LogP contribution is -2.21. The van der Waals surface area contributed by atoms with E-state index in [1.807, 2.05) is 25.1 Å². The molecule has 0 bridgehead atoms. The van der Waals surface area contributed by atoms with Crippen LogP contribution in [0.5, 0.6) is 5.75 Å². The topological polar surface area (TPSA) is 36.2 Å². The van der Waals surface area contributed by atoms with Crippen molar-refractivity contribution in [2.45, 2.75) is 6.92 Å². The number of hydrogen-bond donors (Lipinski definition) is 0. The first-order chi connectivity index (χ1) is 8.63. The smallest absolute Gasteiger partial charge is 0.332 e. The van der Waals surface area contributed by atoms with Crippen molar-refractivity contribution in [1.29, 1.82) is 0 Å². The Labute approximate surface area is 105 Å². The van der Waals surface area contributed by atoms with Crippen molar-refractivity contribution in [1.82, 2.24) is 9.13 Å². The summed E-state index contributed by atoms with van der Waals surface area (Å²) in [6.07, 6.45) is 6.93. The van der Waals surface area contributed by atoms with Crippen molar-refractivity contribution in [2.24, 2.45) is 7.05 Å². The van der Waals surface area contributed by atoms with Crippen LogP contribution in [0.25, 0.3) is 5.69 Å². The Balaban J connectivity index is 2.42. The second-order valence-corrected chi connectivity index (χ2v) is 3.97. The Kier molecular flexibility index (Phi) is 3.24. The predicted octanol–water partition coefficient (Wildman–Crippen LogP) is 1.50. The minimum Gasteiger partial charge on any atom is -0.481 e. The number of hydrogen-bond acceptors (Lipinski definition) is 2. The van der Waals surface area contributed by atoms with Crippen LogP contribution in [-0.2, 0) is 7.05 Å². The fourth-order valence-electron chi connectivity index (χ4n) is 1.67. The summed E-state index contributed by atoms with van der Waals surface area (Å²) in [6.45, 7) is 2.10. The van der Waals surface area contributed by atoms with Crippen molar-refractivity contribution < 1.29 is 4.74 Å². The van der Waals surface area contributed by atoms with Crippen molar-refractivity contribution in [3.63, 3.8) is 0 Å². The lowest BCUT2D eigenvalue weighted by molar-refractivity contribution is 0.370. The molecule has 92 valence electrons. The molecular weight excluding hydrogens is 228 g/mol. The second-order valence-electron chi connectivity index (χ2n) is 3.97. The molecule has 0 N–H and O–H groups in total. The minimum absolute atomic E-state index is 0.0819. The summed E-state index contributed by atoms with van der Waals surface area (Å²) in [5, 5.41) is 0. The molecule has 0 unspecified atom stereocenters. The van der Waals surface area contributed by atoms with E-state index in [2.05, 4.69) is 5.92 Å². The summed E-state index contributed by atoms with van der Waals surface area (Å²) in [6, 6.07) is 7.28. The van der Waals surface area contributed by atoms with Gasteiger partial charge < -0.3 is 4.74 Å². The molecule has 2 aromatic rings. The van der Waals surface area contributed by atoms with Crippen LogP contribution in [0.15, 0.2) is 35.3 Å². The molecule has 4 heteroatoms. The van der Waals surface area contributed by atoms with Gasteiger partial charge in [0.15, 0.2) is 0 Å². The van der Waals surface area contributed by atoms with Crippen molar-refractivity contribution in [3.8, 4) is 23.8 Å². The molecule has 0 aliphatic heterocycles. The summed E-state index contributed by atoms with van der Waals surface area (Å²) >= 11 is 0. The highest BCUT2D eigenvalue weighted by Crippen LogP contribution is 2.16. The van der Waals surface area contributed by atoms with E-state index < -0.39 is 0 Å². The van der Waals surface area contributed by atoms with Crippen LogP contribution in [0.3, 0.4) is 0 Å². The lowest BCUT2D eigenvalue weighted by Gasteiger charge is -2.05. The molecule has 0 aliphatic rings. The first kappa shape index (κ1) is 12.1. The first-order valence-electron chi connectivity index (χ1n) is 5.55. The molecule has 2 rings (SSSR count). The van der Waals surface area contributed by atoms with Crippen molar-refractivity contribution >= 4 is 0 Å². The van der Waals surface area contributed by atoms with Crippen molar-refractivity contribution in [3.05, 3.63) is 46.6 Å². The molecular formula is C14H14N2O2. The maximum Gasteiger partial charge on any atom is 0.332 e. The Morgan fingerprint density at radius 3 is 2.83 bits per heavy atom. The highest BCUT2D eigenvalue weighted by Gasteiger charge is 2.07. The summed E-state index contributed by atoms with van der Waals surface area (Å²) in [5.41, 5.74) is 1.58. The molecule has 0 spiro atoms. The molecule has 1 aromatic carbocycles. The summed E-state index contributed by atoms with van der Waals surface area (Å²) < 4.78 is 8.51. The van der Waals surface area contributed by atoms with Crippen LogP contribution in [0, 0.1) is 19.3 Å². The minimum atomic E-state index is -0.0819. The third-order valence-corrected chi connectivity index (χ3v) is 2.76. The lowest BCUT2D eigenvalue weighted by atomic mass is 10.3. The Morgan fingerprint density at radius 1 is 1.44 bits per heavy atom. The number of ether oxygens (including phenoxy) is 1. The SMILES string of the molecule is C#CCOc1cccc(-n2cc(C)n(C)c2=O)c1. The highest BCUT2D eigenvalue weighted by molar-refractivity contribution is 5.39. The number of aromatic nitrogens is 2. The van der Waals surface area contributed by atoms with Crippen LogP contribution in [0.4, 0.5) is 0 Å². The number of imidazole rings is 1. The molecule has 1 heterocycles. The van der Waals surface area contributed by atoms with Crippen LogP contribution in [0.2, 0.25) is 0 Å². The number of nitrogens with zero attached hydrogens (tertiary/aromatic N) is 2. The third kappa shape index (κ3) is 2.16. The van der Waals surface area contributed by atoms with Gasteiger partial charge >= 0.3 is 5.69 Å². The quantitative estimate of drug-likeness (QED) is 0.765. The van der Waals surface area contributed by atoms with E-state index >= 15 is 0 Å². The van der Waals surface area contributed by atoms with Gasteiger partial charge in [-0.15, -0.1) is 6.42 Å². The molecule has 0 atom stereocenters. The van der Waals surface area contributed by atoms with E-state index in [4.69, 9.17) is 11.2 Å². The van der Waals surface area contributed by atoms with Gasteiger partial charge in [-0.1, -0.05) is 12.0 Å². The zero-order valence-electron chi connectivity index (χ0n) is 10.4. The average molecular weight is 242 g/mol. The Morgan fingerprint density at radius 2 is 2.22 bits per heavy atom. The molecule has 18 heavy (non-hydrogen) atoms. The van der Waals surface area contributed by atoms with E-state index in [1.165, 1.54) is 0 Å². The first-order valence-corrected chi connectivity index (χ1v) is 5.55. The third-order valence-electron chi connectivity index (χ3n) is 2.76. The molecule has 0 saturated carbocycles. The van der Waals surface area contributed by atoms with Crippen LogP contribution >= 0.6 is 0 Å². The largest absolute Gasteiger partial charge is 0.481 e. The molecule has 1 aromatic heterocycles. The maximum atomic E-state index is 12.0. The summed E-state index contributed by atoms with van der Waals surface area (Å²) in [7, 11) is 1.74. The van der Waals surface area contributed by atoms with Crippen molar-refractivity contribution in [2.75, 3.05) is 6.61 Å². The van der Waals surface area contributed by atoms with Gasteiger partial charge in [-0.25, -0.2) is 4.79 Å². The van der Waals surface area contributed by atoms with E-state index in [-0.39, 0.29) is 12.3 Å². The van der Waals surface area contributed by atoms with E-state index in [0.29, 0.717) is 5.75 Å². The zero-order valence-corrected chi connectivity index (χ0v) is 10.4.